The Morgan fingerprint density at radius 3 is 2.59 bits per heavy atom. The zero-order chi connectivity index (χ0) is 20.4. The molecule has 0 saturated heterocycles. The van der Waals surface area contributed by atoms with Crippen molar-refractivity contribution in [1.82, 2.24) is 4.31 Å². The molecule has 1 aliphatic carbocycles. The number of aliphatic imine (C=N–C) groups is 1. The molecule has 2 aliphatic rings. The molecule has 29 heavy (non-hydrogen) atoms. The number of hydrogen-bond donors (Lipinski definition) is 0. The third-order valence-electron chi connectivity index (χ3n) is 5.23. The van der Waals surface area contributed by atoms with E-state index in [-0.39, 0.29) is 5.25 Å². The summed E-state index contributed by atoms with van der Waals surface area (Å²) in [5.74, 6) is 1.42. The zero-order valence-electron chi connectivity index (χ0n) is 16.2. The van der Waals surface area contributed by atoms with Crippen molar-refractivity contribution < 1.29 is 13.2 Å². The van der Waals surface area contributed by atoms with E-state index in [0.717, 1.165) is 35.4 Å². The molecule has 2 aromatic carbocycles. The molecule has 1 fully saturated rings. The van der Waals surface area contributed by atoms with Gasteiger partial charge in [0.1, 0.15) is 11.5 Å². The maximum absolute atomic E-state index is 12.6. The van der Waals surface area contributed by atoms with E-state index in [1.165, 1.54) is 4.31 Å². The maximum atomic E-state index is 12.6. The van der Waals surface area contributed by atoms with Crippen LogP contribution in [-0.2, 0) is 16.4 Å². The molecule has 0 aromatic heterocycles. The van der Waals surface area contributed by atoms with Crippen molar-refractivity contribution in [3.05, 3.63) is 70.8 Å². The number of nitrogens with zero attached hydrogens (tertiary/aromatic N) is 2. The van der Waals surface area contributed by atoms with Crippen LogP contribution in [0.1, 0.15) is 18.4 Å². The number of rotatable bonds is 6. The van der Waals surface area contributed by atoms with Crippen LogP contribution in [0.5, 0.6) is 11.5 Å². The fourth-order valence-corrected chi connectivity index (χ4v) is 5.40. The number of benzene rings is 2. The Morgan fingerprint density at radius 2 is 1.90 bits per heavy atom. The highest BCUT2D eigenvalue weighted by Gasteiger charge is 2.41. The molecule has 4 rings (SSSR count). The average molecular weight is 431 g/mol. The van der Waals surface area contributed by atoms with Crippen LogP contribution in [0.25, 0.3) is 0 Å². The third kappa shape index (κ3) is 4.39. The summed E-state index contributed by atoms with van der Waals surface area (Å²) in [4.78, 5) is 4.37. The topological polar surface area (TPSA) is 59.0 Å². The van der Waals surface area contributed by atoms with Crippen LogP contribution in [0.15, 0.2) is 65.2 Å². The van der Waals surface area contributed by atoms with Crippen LogP contribution in [-0.4, -0.2) is 43.8 Å². The molecule has 152 valence electrons. The second-order valence-electron chi connectivity index (χ2n) is 7.24. The quantitative estimate of drug-likeness (QED) is 0.678. The minimum Gasteiger partial charge on any atom is -0.457 e. The SMILES string of the molecule is CN=C1CN(S(=O)(=O)C2CC2)CC=C1Cc1c(Cl)cccc1Oc1ccccc1. The molecule has 0 amide bonds. The van der Waals surface area contributed by atoms with E-state index in [1.807, 2.05) is 54.6 Å². The van der Waals surface area contributed by atoms with Crippen molar-refractivity contribution in [2.24, 2.45) is 4.99 Å². The minimum atomic E-state index is -3.23. The van der Waals surface area contributed by atoms with Crippen LogP contribution in [0.4, 0.5) is 0 Å². The summed E-state index contributed by atoms with van der Waals surface area (Å²) >= 11 is 6.50. The lowest BCUT2D eigenvalue weighted by atomic mass is 9.97. The highest BCUT2D eigenvalue weighted by atomic mass is 35.5. The molecular formula is C22H23ClN2O3S. The van der Waals surface area contributed by atoms with Gasteiger partial charge in [0.2, 0.25) is 10.0 Å². The van der Waals surface area contributed by atoms with Crippen molar-refractivity contribution >= 4 is 27.3 Å². The van der Waals surface area contributed by atoms with Gasteiger partial charge >= 0.3 is 0 Å². The van der Waals surface area contributed by atoms with Gasteiger partial charge in [-0.1, -0.05) is 41.9 Å². The fourth-order valence-electron chi connectivity index (χ4n) is 3.43. The monoisotopic (exact) mass is 430 g/mol. The first-order chi connectivity index (χ1) is 14.0. The predicted molar refractivity (Wildman–Crippen MR) is 117 cm³/mol. The van der Waals surface area contributed by atoms with Crippen LogP contribution in [0.3, 0.4) is 0 Å². The number of halogens is 1. The van der Waals surface area contributed by atoms with Crippen molar-refractivity contribution in [3.8, 4) is 11.5 Å². The lowest BCUT2D eigenvalue weighted by Crippen LogP contribution is -2.41. The highest BCUT2D eigenvalue weighted by Crippen LogP contribution is 2.35. The molecule has 0 radical (unpaired) electrons. The molecular weight excluding hydrogens is 408 g/mol. The van der Waals surface area contributed by atoms with Gasteiger partial charge < -0.3 is 4.74 Å². The molecule has 5 nitrogen and oxygen atoms in total. The van der Waals surface area contributed by atoms with E-state index in [1.54, 1.807) is 7.05 Å². The average Bonchev–Trinajstić information content (AvgIpc) is 3.57. The Labute approximate surface area is 176 Å². The van der Waals surface area contributed by atoms with Crippen LogP contribution >= 0.6 is 11.6 Å². The molecule has 1 saturated carbocycles. The van der Waals surface area contributed by atoms with Gasteiger partial charge in [0.05, 0.1) is 17.5 Å². The smallest absolute Gasteiger partial charge is 0.217 e. The van der Waals surface area contributed by atoms with E-state index >= 15 is 0 Å². The second-order valence-corrected chi connectivity index (χ2v) is 9.87. The summed E-state index contributed by atoms with van der Waals surface area (Å²) in [6, 6.07) is 15.1. The van der Waals surface area contributed by atoms with Gasteiger partial charge in [-0.2, -0.15) is 4.31 Å². The molecule has 0 atom stereocenters. The zero-order valence-corrected chi connectivity index (χ0v) is 17.8. The Hall–Kier alpha value is -2.15. The summed E-state index contributed by atoms with van der Waals surface area (Å²) in [7, 11) is -1.53. The number of ether oxygens (including phenoxy) is 1. The molecule has 0 unspecified atom stereocenters. The van der Waals surface area contributed by atoms with Crippen molar-refractivity contribution in [3.63, 3.8) is 0 Å². The summed E-state index contributed by atoms with van der Waals surface area (Å²) < 4.78 is 32.8. The van der Waals surface area contributed by atoms with Crippen molar-refractivity contribution in [2.75, 3.05) is 20.1 Å². The summed E-state index contributed by atoms with van der Waals surface area (Å²) in [5.41, 5.74) is 2.62. The normalized spacial score (nSPS) is 19.2. The summed E-state index contributed by atoms with van der Waals surface area (Å²) in [6.45, 7) is 0.674. The highest BCUT2D eigenvalue weighted by molar-refractivity contribution is 7.90. The van der Waals surface area contributed by atoms with Gasteiger partial charge in [-0.15, -0.1) is 0 Å². The minimum absolute atomic E-state index is 0.218. The first-order valence-corrected chi connectivity index (χ1v) is 11.5. The molecule has 2 aromatic rings. The van der Waals surface area contributed by atoms with Crippen molar-refractivity contribution in [2.45, 2.75) is 24.5 Å². The maximum Gasteiger partial charge on any atom is 0.217 e. The van der Waals surface area contributed by atoms with Crippen LogP contribution in [0, 0.1) is 0 Å². The first-order valence-electron chi connectivity index (χ1n) is 9.63. The van der Waals surface area contributed by atoms with E-state index < -0.39 is 10.0 Å². The van der Waals surface area contributed by atoms with Gasteiger partial charge in [-0.05, 0) is 42.7 Å². The van der Waals surface area contributed by atoms with Gasteiger partial charge in [-0.3, -0.25) is 4.99 Å². The Kier molecular flexibility index (Phi) is 5.76. The number of hydrogen-bond acceptors (Lipinski definition) is 4. The molecule has 7 heteroatoms. The Balaban J connectivity index is 1.59. The summed E-state index contributed by atoms with van der Waals surface area (Å²) in [5, 5.41) is 0.396. The van der Waals surface area contributed by atoms with E-state index in [9.17, 15) is 8.42 Å². The molecule has 1 heterocycles. The van der Waals surface area contributed by atoms with Gasteiger partial charge in [0.25, 0.3) is 0 Å². The lowest BCUT2D eigenvalue weighted by Gasteiger charge is -2.27. The standard InChI is InChI=1S/C22H23ClN2O3S/c1-24-21-15-25(29(26,27)18-10-11-18)13-12-16(21)14-19-20(23)8-5-9-22(19)28-17-6-3-2-4-7-17/h2-9,12,18H,10-11,13-15H2,1H3. The third-order valence-corrected chi connectivity index (χ3v) is 7.89. The van der Waals surface area contributed by atoms with Crippen molar-refractivity contribution in [1.29, 1.82) is 0 Å². The number of para-hydroxylation sites is 1. The first kappa shape index (κ1) is 20.1. The molecule has 0 bridgehead atoms. The molecule has 0 N–H and O–H groups in total. The second kappa shape index (κ2) is 8.30. The summed E-state index contributed by atoms with van der Waals surface area (Å²) in [6.07, 6.45) is 3.99. The van der Waals surface area contributed by atoms with E-state index in [2.05, 4.69) is 4.99 Å². The van der Waals surface area contributed by atoms with Crippen LogP contribution < -0.4 is 4.74 Å². The largest absolute Gasteiger partial charge is 0.457 e. The number of sulfonamides is 1. The van der Waals surface area contributed by atoms with Crippen LogP contribution in [0.2, 0.25) is 5.02 Å². The van der Waals surface area contributed by atoms with Gasteiger partial charge in [0, 0.05) is 30.6 Å². The predicted octanol–water partition coefficient (Wildman–Crippen LogP) is 4.48. The van der Waals surface area contributed by atoms with E-state index in [0.29, 0.717) is 30.3 Å². The molecule has 1 aliphatic heterocycles. The fraction of sp³-hybridized carbons (Fsp3) is 0.318. The Morgan fingerprint density at radius 1 is 1.14 bits per heavy atom. The van der Waals surface area contributed by atoms with Gasteiger partial charge in [0.15, 0.2) is 0 Å². The molecule has 0 spiro atoms. The van der Waals surface area contributed by atoms with E-state index in [4.69, 9.17) is 16.3 Å². The lowest BCUT2D eigenvalue weighted by molar-refractivity contribution is 0.471. The Bertz CT molecular complexity index is 1060. The van der Waals surface area contributed by atoms with Gasteiger partial charge in [-0.25, -0.2) is 8.42 Å².